The number of aldehydes is 1. The van der Waals surface area contributed by atoms with Crippen molar-refractivity contribution >= 4 is 35.5 Å². The molecule has 1 aromatic heterocycles. The summed E-state index contributed by atoms with van der Waals surface area (Å²) in [6.07, 6.45) is 2.15. The number of nitrogens with zero attached hydrogens (tertiary/aromatic N) is 1. The van der Waals surface area contributed by atoms with Gasteiger partial charge >= 0.3 is 5.97 Å². The fourth-order valence-corrected chi connectivity index (χ4v) is 1.74. The quantitative estimate of drug-likeness (QED) is 0.519. The third-order valence-corrected chi connectivity index (χ3v) is 2.95. The minimum atomic E-state index is -0.662. The van der Waals surface area contributed by atoms with Crippen LogP contribution in [0, 0.1) is 0 Å². The second kappa shape index (κ2) is 7.33. The molecule has 0 unspecified atom stereocenters. The summed E-state index contributed by atoms with van der Waals surface area (Å²) in [6.45, 7) is -0.459. The van der Waals surface area contributed by atoms with E-state index in [4.69, 9.17) is 16.3 Å². The van der Waals surface area contributed by atoms with Crippen LogP contribution in [0.3, 0.4) is 0 Å². The van der Waals surface area contributed by atoms with Crippen molar-refractivity contribution in [1.29, 1.82) is 0 Å². The van der Waals surface area contributed by atoms with E-state index in [1.807, 2.05) is 0 Å². The van der Waals surface area contributed by atoms with Crippen LogP contribution >= 0.6 is 11.6 Å². The molecule has 2 rings (SSSR count). The van der Waals surface area contributed by atoms with Crippen LogP contribution in [0.15, 0.2) is 42.6 Å². The molecule has 1 aromatic carbocycles. The summed E-state index contributed by atoms with van der Waals surface area (Å²) in [4.78, 5) is 37.7. The second-order valence-electron chi connectivity index (χ2n) is 4.21. The van der Waals surface area contributed by atoms with E-state index in [1.165, 1.54) is 30.5 Å². The van der Waals surface area contributed by atoms with Gasteiger partial charge in [0.25, 0.3) is 5.91 Å². The Morgan fingerprint density at radius 3 is 2.59 bits per heavy atom. The largest absolute Gasteiger partial charge is 0.452 e. The Kier molecular flexibility index (Phi) is 5.21. The van der Waals surface area contributed by atoms with Gasteiger partial charge in [0.05, 0.1) is 11.3 Å². The Balaban J connectivity index is 1.89. The number of esters is 1. The maximum Gasteiger partial charge on any atom is 0.338 e. The van der Waals surface area contributed by atoms with E-state index in [2.05, 4.69) is 10.3 Å². The van der Waals surface area contributed by atoms with Gasteiger partial charge in [0.15, 0.2) is 11.8 Å². The average molecular weight is 319 g/mol. The molecule has 0 aliphatic heterocycles. The number of hydrogen-bond donors (Lipinski definition) is 1. The first kappa shape index (κ1) is 15.7. The van der Waals surface area contributed by atoms with Gasteiger partial charge in [-0.2, -0.15) is 0 Å². The maximum atomic E-state index is 11.7. The predicted molar refractivity (Wildman–Crippen MR) is 80.0 cm³/mol. The van der Waals surface area contributed by atoms with Crippen molar-refractivity contribution in [3.05, 3.63) is 58.9 Å². The highest BCUT2D eigenvalue weighted by Gasteiger charge is 2.11. The highest BCUT2D eigenvalue weighted by Crippen LogP contribution is 2.17. The number of hydrogen-bond acceptors (Lipinski definition) is 5. The Hall–Kier alpha value is -2.73. The summed E-state index contributed by atoms with van der Waals surface area (Å²) in [5, 5.41) is 2.62. The van der Waals surface area contributed by atoms with Crippen LogP contribution in [0.4, 0.5) is 5.69 Å². The molecule has 0 saturated heterocycles. The number of pyridine rings is 1. The normalized spacial score (nSPS) is 9.86. The standard InChI is InChI=1S/C15H11ClN2O4/c16-14-12(2-1-7-17-14)18-13(20)9-22-15(21)11-5-3-10(8-19)4-6-11/h1-8H,9H2,(H,18,20). The van der Waals surface area contributed by atoms with E-state index in [-0.39, 0.29) is 10.7 Å². The van der Waals surface area contributed by atoms with E-state index in [9.17, 15) is 14.4 Å². The zero-order valence-corrected chi connectivity index (χ0v) is 12.0. The van der Waals surface area contributed by atoms with Gasteiger partial charge in [0.2, 0.25) is 0 Å². The van der Waals surface area contributed by atoms with Crippen LogP contribution in [0.2, 0.25) is 5.15 Å². The van der Waals surface area contributed by atoms with E-state index >= 15 is 0 Å². The molecule has 1 N–H and O–H groups in total. The van der Waals surface area contributed by atoms with Crippen LogP contribution in [0.1, 0.15) is 20.7 Å². The molecule has 2 aromatic rings. The van der Waals surface area contributed by atoms with Crippen molar-refractivity contribution in [2.45, 2.75) is 0 Å². The van der Waals surface area contributed by atoms with Gasteiger partial charge < -0.3 is 10.1 Å². The highest BCUT2D eigenvalue weighted by molar-refractivity contribution is 6.32. The molecule has 0 radical (unpaired) electrons. The number of halogens is 1. The van der Waals surface area contributed by atoms with Crippen molar-refractivity contribution in [2.24, 2.45) is 0 Å². The number of aromatic nitrogens is 1. The lowest BCUT2D eigenvalue weighted by Crippen LogP contribution is -2.21. The first-order valence-corrected chi connectivity index (χ1v) is 6.60. The summed E-state index contributed by atoms with van der Waals surface area (Å²) in [7, 11) is 0. The molecule has 0 fully saturated rings. The summed E-state index contributed by atoms with van der Waals surface area (Å²) in [5.74, 6) is -1.20. The van der Waals surface area contributed by atoms with Gasteiger partial charge in [-0.3, -0.25) is 9.59 Å². The van der Waals surface area contributed by atoms with E-state index < -0.39 is 18.5 Å². The fraction of sp³-hybridized carbons (Fsp3) is 0.0667. The van der Waals surface area contributed by atoms with Crippen molar-refractivity contribution < 1.29 is 19.1 Å². The van der Waals surface area contributed by atoms with Crippen LogP contribution in [0.5, 0.6) is 0 Å². The summed E-state index contributed by atoms with van der Waals surface area (Å²) < 4.78 is 4.87. The molecule has 0 aliphatic carbocycles. The van der Waals surface area contributed by atoms with Crippen molar-refractivity contribution in [3.63, 3.8) is 0 Å². The highest BCUT2D eigenvalue weighted by atomic mass is 35.5. The zero-order chi connectivity index (χ0) is 15.9. The van der Waals surface area contributed by atoms with E-state index in [0.29, 0.717) is 17.5 Å². The molecule has 0 atom stereocenters. The lowest BCUT2D eigenvalue weighted by molar-refractivity contribution is -0.119. The number of ether oxygens (including phenoxy) is 1. The number of carbonyl (C=O) groups is 3. The number of nitrogens with one attached hydrogen (secondary N) is 1. The molecule has 22 heavy (non-hydrogen) atoms. The van der Waals surface area contributed by atoms with Crippen LogP contribution in [-0.4, -0.2) is 29.8 Å². The molecular formula is C15H11ClN2O4. The number of anilines is 1. The summed E-state index contributed by atoms with van der Waals surface area (Å²) in [6, 6.07) is 9.05. The molecule has 0 saturated carbocycles. The van der Waals surface area contributed by atoms with Gasteiger partial charge in [-0.25, -0.2) is 9.78 Å². The number of benzene rings is 1. The fourth-order valence-electron chi connectivity index (χ4n) is 1.58. The number of amides is 1. The van der Waals surface area contributed by atoms with Crippen molar-refractivity contribution in [3.8, 4) is 0 Å². The number of carbonyl (C=O) groups excluding carboxylic acids is 3. The van der Waals surface area contributed by atoms with E-state index in [0.717, 1.165) is 0 Å². The van der Waals surface area contributed by atoms with Gasteiger partial charge in [0.1, 0.15) is 6.29 Å². The third kappa shape index (κ3) is 4.13. The van der Waals surface area contributed by atoms with Crippen LogP contribution < -0.4 is 5.32 Å². The van der Waals surface area contributed by atoms with Crippen LogP contribution in [0.25, 0.3) is 0 Å². The molecular weight excluding hydrogens is 308 g/mol. The first-order chi connectivity index (χ1) is 10.6. The third-order valence-electron chi connectivity index (χ3n) is 2.65. The van der Waals surface area contributed by atoms with Crippen molar-refractivity contribution in [1.82, 2.24) is 4.98 Å². The smallest absolute Gasteiger partial charge is 0.338 e. The molecule has 112 valence electrons. The Labute approximate surface area is 131 Å². The molecule has 6 nitrogen and oxygen atoms in total. The SMILES string of the molecule is O=Cc1ccc(C(=O)OCC(=O)Nc2cccnc2Cl)cc1. The Bertz CT molecular complexity index is 701. The Morgan fingerprint density at radius 1 is 1.23 bits per heavy atom. The molecule has 1 amide bonds. The predicted octanol–water partition coefficient (Wildman–Crippen LogP) is 2.34. The Morgan fingerprint density at radius 2 is 1.95 bits per heavy atom. The van der Waals surface area contributed by atoms with Gasteiger partial charge in [-0.05, 0) is 24.3 Å². The first-order valence-electron chi connectivity index (χ1n) is 6.23. The van der Waals surface area contributed by atoms with Gasteiger partial charge in [0, 0.05) is 11.8 Å². The van der Waals surface area contributed by atoms with Gasteiger partial charge in [-0.1, -0.05) is 23.7 Å². The summed E-state index contributed by atoms with van der Waals surface area (Å²) >= 11 is 5.79. The minimum absolute atomic E-state index is 0.145. The van der Waals surface area contributed by atoms with Gasteiger partial charge in [-0.15, -0.1) is 0 Å². The molecule has 0 spiro atoms. The second-order valence-corrected chi connectivity index (χ2v) is 4.56. The topological polar surface area (TPSA) is 85.4 Å². The lowest BCUT2D eigenvalue weighted by atomic mass is 10.1. The maximum absolute atomic E-state index is 11.7. The average Bonchev–Trinajstić information content (AvgIpc) is 2.55. The van der Waals surface area contributed by atoms with Crippen LogP contribution in [-0.2, 0) is 9.53 Å². The van der Waals surface area contributed by atoms with Crippen molar-refractivity contribution in [2.75, 3.05) is 11.9 Å². The number of rotatable bonds is 5. The molecule has 1 heterocycles. The zero-order valence-electron chi connectivity index (χ0n) is 11.3. The monoisotopic (exact) mass is 318 g/mol. The molecule has 7 heteroatoms. The minimum Gasteiger partial charge on any atom is -0.452 e. The lowest BCUT2D eigenvalue weighted by Gasteiger charge is -2.07. The molecule has 0 bridgehead atoms. The van der Waals surface area contributed by atoms with E-state index in [1.54, 1.807) is 12.1 Å². The molecule has 0 aliphatic rings. The summed E-state index contributed by atoms with van der Waals surface area (Å²) in [5.41, 5.74) is 1.03.